The lowest BCUT2D eigenvalue weighted by Gasteiger charge is -2.33. The number of aromatic nitrogens is 1. The van der Waals surface area contributed by atoms with Crippen molar-refractivity contribution >= 4 is 0 Å². The second-order valence-electron chi connectivity index (χ2n) is 7.86. The van der Waals surface area contributed by atoms with Crippen molar-refractivity contribution in [2.75, 3.05) is 40.8 Å². The van der Waals surface area contributed by atoms with Crippen molar-refractivity contribution in [3.05, 3.63) is 53.2 Å². The van der Waals surface area contributed by atoms with E-state index in [1.54, 1.807) is 7.11 Å². The molecule has 27 heavy (non-hydrogen) atoms. The van der Waals surface area contributed by atoms with Crippen molar-refractivity contribution in [2.24, 2.45) is 0 Å². The van der Waals surface area contributed by atoms with Gasteiger partial charge >= 0.3 is 0 Å². The summed E-state index contributed by atoms with van der Waals surface area (Å²) in [6.45, 7) is 4.13. The third kappa shape index (κ3) is 4.09. The highest BCUT2D eigenvalue weighted by molar-refractivity contribution is 5.42. The molecule has 0 N–H and O–H groups in total. The number of likely N-dealkylation sites (tertiary alicyclic amines) is 1. The molecule has 3 heterocycles. The van der Waals surface area contributed by atoms with Crippen LogP contribution in [-0.2, 0) is 6.54 Å². The molecular formula is C22H29N3O2. The second kappa shape index (κ2) is 7.87. The van der Waals surface area contributed by atoms with E-state index < -0.39 is 0 Å². The van der Waals surface area contributed by atoms with E-state index in [4.69, 9.17) is 9.47 Å². The van der Waals surface area contributed by atoms with Crippen molar-refractivity contribution in [3.63, 3.8) is 0 Å². The van der Waals surface area contributed by atoms with Crippen LogP contribution in [0.15, 0.2) is 36.5 Å². The fraction of sp³-hybridized carbons (Fsp3) is 0.500. The van der Waals surface area contributed by atoms with E-state index in [1.165, 1.54) is 16.7 Å². The van der Waals surface area contributed by atoms with Gasteiger partial charge in [0.1, 0.15) is 11.9 Å². The van der Waals surface area contributed by atoms with E-state index >= 15 is 0 Å². The molecule has 5 nitrogen and oxygen atoms in total. The van der Waals surface area contributed by atoms with Crippen LogP contribution < -0.4 is 9.47 Å². The molecule has 0 radical (unpaired) electrons. The summed E-state index contributed by atoms with van der Waals surface area (Å²) in [4.78, 5) is 9.39. The molecule has 0 amide bonds. The summed E-state index contributed by atoms with van der Waals surface area (Å²) in [5, 5.41) is 0. The number of hydrogen-bond donors (Lipinski definition) is 0. The molecule has 0 bridgehead atoms. The smallest absolute Gasteiger partial charge is 0.213 e. The third-order valence-electron chi connectivity index (χ3n) is 5.78. The Balaban J connectivity index is 1.55. The summed E-state index contributed by atoms with van der Waals surface area (Å²) >= 11 is 0. The fourth-order valence-electron chi connectivity index (χ4n) is 4.16. The minimum atomic E-state index is 0.283. The Labute approximate surface area is 161 Å². The number of pyridine rings is 1. The number of methoxy groups -OCH3 is 1. The van der Waals surface area contributed by atoms with Gasteiger partial charge in [-0.05, 0) is 55.8 Å². The molecule has 1 aromatic carbocycles. The van der Waals surface area contributed by atoms with Crippen LogP contribution in [0.1, 0.15) is 35.4 Å². The molecule has 1 fully saturated rings. The van der Waals surface area contributed by atoms with Crippen LogP contribution in [0.3, 0.4) is 0 Å². The number of likely N-dealkylation sites (N-methyl/N-ethyl adjacent to an activating group) is 1. The lowest BCUT2D eigenvalue weighted by atomic mass is 9.86. The lowest BCUT2D eigenvalue weighted by molar-refractivity contribution is 0.109. The first-order valence-electron chi connectivity index (χ1n) is 9.79. The highest BCUT2D eigenvalue weighted by Crippen LogP contribution is 2.34. The van der Waals surface area contributed by atoms with Crippen LogP contribution >= 0.6 is 0 Å². The number of fused-ring (bicyclic) bond motifs is 1. The van der Waals surface area contributed by atoms with Gasteiger partial charge in [-0.3, -0.25) is 0 Å². The van der Waals surface area contributed by atoms with Crippen molar-refractivity contribution in [1.29, 1.82) is 0 Å². The van der Waals surface area contributed by atoms with Gasteiger partial charge in [-0.25, -0.2) is 4.98 Å². The lowest BCUT2D eigenvalue weighted by Crippen LogP contribution is -2.36. The molecule has 144 valence electrons. The topological polar surface area (TPSA) is 37.8 Å². The summed E-state index contributed by atoms with van der Waals surface area (Å²) in [5.41, 5.74) is 3.94. The van der Waals surface area contributed by atoms with Gasteiger partial charge in [0, 0.05) is 44.4 Å². The Bertz CT molecular complexity index is 770. The molecule has 1 saturated heterocycles. The molecular weight excluding hydrogens is 338 g/mol. The Hall–Kier alpha value is -2.11. The monoisotopic (exact) mass is 367 g/mol. The largest absolute Gasteiger partial charge is 0.497 e. The van der Waals surface area contributed by atoms with E-state index in [2.05, 4.69) is 47.1 Å². The van der Waals surface area contributed by atoms with Gasteiger partial charge in [-0.15, -0.1) is 0 Å². The Morgan fingerprint density at radius 3 is 2.48 bits per heavy atom. The predicted octanol–water partition coefficient (Wildman–Crippen LogP) is 3.14. The maximum Gasteiger partial charge on any atom is 0.213 e. The Morgan fingerprint density at radius 1 is 1.04 bits per heavy atom. The first kappa shape index (κ1) is 18.3. The van der Waals surface area contributed by atoms with Gasteiger partial charge in [-0.1, -0.05) is 12.1 Å². The van der Waals surface area contributed by atoms with Crippen LogP contribution in [0.5, 0.6) is 11.6 Å². The molecule has 2 aromatic rings. The van der Waals surface area contributed by atoms with E-state index in [9.17, 15) is 0 Å². The molecule has 2 aliphatic heterocycles. The van der Waals surface area contributed by atoms with Crippen molar-refractivity contribution in [3.8, 4) is 11.6 Å². The van der Waals surface area contributed by atoms with Gasteiger partial charge < -0.3 is 19.3 Å². The van der Waals surface area contributed by atoms with E-state index in [0.717, 1.165) is 50.7 Å². The number of rotatable bonds is 4. The maximum absolute atomic E-state index is 6.20. The average molecular weight is 367 g/mol. The molecule has 5 heteroatoms. The first-order valence-corrected chi connectivity index (χ1v) is 9.79. The number of benzene rings is 1. The number of nitrogens with zero attached hydrogens (tertiary/aromatic N) is 3. The van der Waals surface area contributed by atoms with Crippen LogP contribution in [-0.4, -0.2) is 61.7 Å². The molecule has 1 aromatic heterocycles. The van der Waals surface area contributed by atoms with Crippen molar-refractivity contribution < 1.29 is 9.47 Å². The van der Waals surface area contributed by atoms with Gasteiger partial charge in [0.15, 0.2) is 0 Å². The van der Waals surface area contributed by atoms with Crippen LogP contribution in [0.25, 0.3) is 0 Å². The molecule has 0 saturated carbocycles. The van der Waals surface area contributed by atoms with Crippen molar-refractivity contribution in [1.82, 2.24) is 14.8 Å². The second-order valence-corrected chi connectivity index (χ2v) is 7.86. The summed E-state index contributed by atoms with van der Waals surface area (Å²) in [5.74, 6) is 1.99. The molecule has 0 spiro atoms. The normalized spacial score (nSPS) is 21.7. The minimum Gasteiger partial charge on any atom is -0.497 e. The van der Waals surface area contributed by atoms with Crippen LogP contribution in [0, 0.1) is 0 Å². The quantitative estimate of drug-likeness (QED) is 0.830. The van der Waals surface area contributed by atoms with Gasteiger partial charge in [0.2, 0.25) is 5.88 Å². The van der Waals surface area contributed by atoms with Gasteiger partial charge in [0.05, 0.1) is 7.11 Å². The van der Waals surface area contributed by atoms with E-state index in [-0.39, 0.29) is 6.10 Å². The number of piperidine rings is 1. The van der Waals surface area contributed by atoms with Crippen molar-refractivity contribution in [2.45, 2.75) is 31.4 Å². The SMILES string of the molecule is COc1ccc(C2CN(C)Cc3cc(OC4CCN(C)CC4)ncc32)cc1. The summed E-state index contributed by atoms with van der Waals surface area (Å²) in [6, 6.07) is 10.5. The summed E-state index contributed by atoms with van der Waals surface area (Å²) in [7, 11) is 6.05. The standard InChI is InChI=1S/C22H29N3O2/c1-24-10-8-19(9-11-24)27-22-12-17-14-25(2)15-21(20(17)13-23-22)16-4-6-18(26-3)7-5-16/h4-7,12-13,19,21H,8-11,14-15H2,1-3H3. The zero-order valence-corrected chi connectivity index (χ0v) is 16.5. The molecule has 1 unspecified atom stereocenters. The Morgan fingerprint density at radius 2 is 1.78 bits per heavy atom. The molecule has 4 rings (SSSR count). The number of hydrogen-bond acceptors (Lipinski definition) is 5. The average Bonchev–Trinajstić information content (AvgIpc) is 2.69. The van der Waals surface area contributed by atoms with E-state index in [1.807, 2.05) is 18.3 Å². The molecule has 2 aliphatic rings. The predicted molar refractivity (Wildman–Crippen MR) is 107 cm³/mol. The maximum atomic E-state index is 6.20. The van der Waals surface area contributed by atoms with Crippen LogP contribution in [0.4, 0.5) is 0 Å². The summed E-state index contributed by atoms with van der Waals surface area (Å²) in [6.07, 6.45) is 4.46. The fourth-order valence-corrected chi connectivity index (χ4v) is 4.16. The van der Waals surface area contributed by atoms with Gasteiger partial charge in [0.25, 0.3) is 0 Å². The third-order valence-corrected chi connectivity index (χ3v) is 5.78. The Kier molecular flexibility index (Phi) is 5.32. The van der Waals surface area contributed by atoms with Gasteiger partial charge in [-0.2, -0.15) is 0 Å². The number of ether oxygens (including phenoxy) is 2. The van der Waals surface area contributed by atoms with E-state index in [0.29, 0.717) is 5.92 Å². The molecule has 0 aliphatic carbocycles. The zero-order chi connectivity index (χ0) is 18.8. The zero-order valence-electron chi connectivity index (χ0n) is 16.5. The van der Waals surface area contributed by atoms with Crippen LogP contribution in [0.2, 0.25) is 0 Å². The first-order chi connectivity index (χ1) is 13.1. The minimum absolute atomic E-state index is 0.283. The highest BCUT2D eigenvalue weighted by Gasteiger charge is 2.26. The highest BCUT2D eigenvalue weighted by atomic mass is 16.5. The summed E-state index contributed by atoms with van der Waals surface area (Å²) < 4.78 is 11.5. The molecule has 1 atom stereocenters.